The Morgan fingerprint density at radius 3 is 2.85 bits per heavy atom. The zero-order valence-corrected chi connectivity index (χ0v) is 10.9. The van der Waals surface area contributed by atoms with Crippen molar-refractivity contribution in [2.24, 2.45) is 0 Å². The number of nitrogens with zero attached hydrogens (tertiary/aromatic N) is 2. The van der Waals surface area contributed by atoms with Crippen molar-refractivity contribution in [1.29, 1.82) is 0 Å². The fourth-order valence-electron chi connectivity index (χ4n) is 2.25. The molecular formula is C15H15FN2O2. The van der Waals surface area contributed by atoms with Crippen molar-refractivity contribution >= 4 is 5.69 Å². The van der Waals surface area contributed by atoms with E-state index in [4.69, 9.17) is 9.84 Å². The van der Waals surface area contributed by atoms with Crippen molar-refractivity contribution < 1.29 is 14.2 Å². The summed E-state index contributed by atoms with van der Waals surface area (Å²) in [6, 6.07) is 8.72. The highest BCUT2D eigenvalue weighted by Crippen LogP contribution is 2.28. The Bertz CT molecular complexity index is 586. The summed E-state index contributed by atoms with van der Waals surface area (Å²) in [4.78, 5) is 5.88. The Balaban J connectivity index is 1.63. The Hall–Kier alpha value is -2.14. The van der Waals surface area contributed by atoms with Gasteiger partial charge in [-0.25, -0.2) is 4.39 Å². The number of pyridine rings is 1. The van der Waals surface area contributed by atoms with Crippen LogP contribution in [0.1, 0.15) is 5.56 Å². The number of hydrogen-bond donors (Lipinski definition) is 1. The Morgan fingerprint density at radius 1 is 1.30 bits per heavy atom. The summed E-state index contributed by atoms with van der Waals surface area (Å²) in [6.45, 7) is 0.963. The van der Waals surface area contributed by atoms with Gasteiger partial charge < -0.3 is 14.7 Å². The lowest BCUT2D eigenvalue weighted by atomic mass is 10.1. The van der Waals surface area contributed by atoms with Crippen molar-refractivity contribution in [3.8, 4) is 5.75 Å². The quantitative estimate of drug-likeness (QED) is 0.926. The van der Waals surface area contributed by atoms with E-state index >= 15 is 0 Å². The second-order valence-electron chi connectivity index (χ2n) is 4.74. The second-order valence-corrected chi connectivity index (χ2v) is 4.74. The molecule has 104 valence electrons. The standard InChI is InChI=1S/C15H15FN2O2/c16-15-11(10-19)3-1-5-14(15)18-8-13(9-18)20-12-4-2-6-17-7-12/h1-7,13,19H,8-10H2. The maximum Gasteiger partial charge on any atom is 0.151 e. The first-order valence-electron chi connectivity index (χ1n) is 6.48. The van der Waals surface area contributed by atoms with Gasteiger partial charge in [0.15, 0.2) is 5.82 Å². The smallest absolute Gasteiger partial charge is 0.151 e. The number of rotatable bonds is 4. The molecule has 1 fully saturated rings. The van der Waals surface area contributed by atoms with Crippen LogP contribution in [0, 0.1) is 5.82 Å². The molecule has 0 bridgehead atoms. The molecule has 0 unspecified atom stereocenters. The molecular weight excluding hydrogens is 259 g/mol. The largest absolute Gasteiger partial charge is 0.485 e. The molecule has 0 spiro atoms. The second kappa shape index (κ2) is 5.46. The van der Waals surface area contributed by atoms with Crippen LogP contribution in [-0.2, 0) is 6.61 Å². The summed E-state index contributed by atoms with van der Waals surface area (Å²) in [7, 11) is 0. The van der Waals surface area contributed by atoms with Gasteiger partial charge in [0.05, 0.1) is 31.6 Å². The Labute approximate surface area is 116 Å². The van der Waals surface area contributed by atoms with Crippen LogP contribution >= 0.6 is 0 Å². The van der Waals surface area contributed by atoms with Crippen molar-refractivity contribution in [2.45, 2.75) is 12.7 Å². The lowest BCUT2D eigenvalue weighted by Crippen LogP contribution is -2.54. The van der Waals surface area contributed by atoms with Crippen LogP contribution < -0.4 is 9.64 Å². The van der Waals surface area contributed by atoms with E-state index in [1.807, 2.05) is 17.0 Å². The molecule has 20 heavy (non-hydrogen) atoms. The highest BCUT2D eigenvalue weighted by Gasteiger charge is 2.30. The molecule has 4 nitrogen and oxygen atoms in total. The molecule has 1 aliphatic rings. The van der Waals surface area contributed by atoms with E-state index in [9.17, 15) is 4.39 Å². The minimum Gasteiger partial charge on any atom is -0.485 e. The number of hydrogen-bond acceptors (Lipinski definition) is 4. The fraction of sp³-hybridized carbons (Fsp3) is 0.267. The lowest BCUT2D eigenvalue weighted by Gasteiger charge is -2.40. The number of aromatic nitrogens is 1. The SMILES string of the molecule is OCc1cccc(N2CC(Oc3cccnc3)C2)c1F. The number of halogens is 1. The van der Waals surface area contributed by atoms with E-state index in [1.165, 1.54) is 0 Å². The highest BCUT2D eigenvalue weighted by molar-refractivity contribution is 5.52. The summed E-state index contributed by atoms with van der Waals surface area (Å²) in [6.07, 6.45) is 3.39. The third kappa shape index (κ3) is 2.44. The first kappa shape index (κ1) is 12.9. The van der Waals surface area contributed by atoms with Gasteiger partial charge >= 0.3 is 0 Å². The van der Waals surface area contributed by atoms with Crippen LogP contribution in [0.25, 0.3) is 0 Å². The summed E-state index contributed by atoms with van der Waals surface area (Å²) < 4.78 is 19.8. The number of benzene rings is 1. The van der Waals surface area contributed by atoms with Crippen LogP contribution in [0.15, 0.2) is 42.7 Å². The number of ether oxygens (including phenoxy) is 1. The van der Waals surface area contributed by atoms with Gasteiger partial charge in [-0.3, -0.25) is 4.98 Å². The molecule has 0 amide bonds. The maximum absolute atomic E-state index is 14.0. The monoisotopic (exact) mass is 274 g/mol. The molecule has 0 atom stereocenters. The van der Waals surface area contributed by atoms with Gasteiger partial charge in [0.2, 0.25) is 0 Å². The van der Waals surface area contributed by atoms with Gasteiger partial charge in [-0.1, -0.05) is 12.1 Å². The minimum absolute atomic E-state index is 0.0383. The molecule has 1 aliphatic heterocycles. The minimum atomic E-state index is -0.352. The zero-order valence-electron chi connectivity index (χ0n) is 10.9. The third-order valence-electron chi connectivity index (χ3n) is 3.35. The number of aliphatic hydroxyl groups excluding tert-OH is 1. The van der Waals surface area contributed by atoms with Crippen LogP contribution in [-0.4, -0.2) is 29.3 Å². The number of aliphatic hydroxyl groups is 1. The van der Waals surface area contributed by atoms with Crippen LogP contribution in [0.4, 0.5) is 10.1 Å². The maximum atomic E-state index is 14.0. The predicted molar refractivity (Wildman–Crippen MR) is 73.2 cm³/mol. The van der Waals surface area contributed by atoms with E-state index in [0.717, 1.165) is 5.75 Å². The van der Waals surface area contributed by atoms with Crippen LogP contribution in [0.2, 0.25) is 0 Å². The van der Waals surface area contributed by atoms with E-state index in [-0.39, 0.29) is 18.5 Å². The molecule has 2 aromatic rings. The first-order chi connectivity index (χ1) is 9.78. The average Bonchev–Trinajstić information content (AvgIpc) is 2.44. The highest BCUT2D eigenvalue weighted by atomic mass is 19.1. The molecule has 3 rings (SSSR count). The average molecular weight is 274 g/mol. The van der Waals surface area contributed by atoms with Crippen molar-refractivity contribution in [2.75, 3.05) is 18.0 Å². The molecule has 2 heterocycles. The Kier molecular flexibility index (Phi) is 3.52. The lowest BCUT2D eigenvalue weighted by molar-refractivity contribution is 0.166. The number of anilines is 1. The van der Waals surface area contributed by atoms with Crippen molar-refractivity contribution in [1.82, 2.24) is 4.98 Å². The van der Waals surface area contributed by atoms with E-state index in [2.05, 4.69) is 4.98 Å². The van der Waals surface area contributed by atoms with Gasteiger partial charge in [0.1, 0.15) is 11.9 Å². The molecule has 0 saturated carbocycles. The summed E-state index contributed by atoms with van der Waals surface area (Å²) in [5.41, 5.74) is 0.835. The van der Waals surface area contributed by atoms with Gasteiger partial charge in [0.25, 0.3) is 0 Å². The molecule has 1 aromatic heterocycles. The van der Waals surface area contributed by atoms with Gasteiger partial charge in [-0.05, 0) is 18.2 Å². The topological polar surface area (TPSA) is 45.6 Å². The predicted octanol–water partition coefficient (Wildman–Crippen LogP) is 1.98. The molecule has 1 aromatic carbocycles. The van der Waals surface area contributed by atoms with Gasteiger partial charge in [0, 0.05) is 11.8 Å². The normalized spacial score (nSPS) is 15.0. The summed E-state index contributed by atoms with van der Waals surface area (Å²) in [5, 5.41) is 9.07. The zero-order chi connectivity index (χ0) is 13.9. The molecule has 1 N–H and O–H groups in total. The van der Waals surface area contributed by atoms with E-state index in [1.54, 1.807) is 30.6 Å². The van der Waals surface area contributed by atoms with E-state index in [0.29, 0.717) is 24.3 Å². The van der Waals surface area contributed by atoms with Crippen molar-refractivity contribution in [3.63, 3.8) is 0 Å². The fourth-order valence-corrected chi connectivity index (χ4v) is 2.25. The van der Waals surface area contributed by atoms with Crippen LogP contribution in [0.5, 0.6) is 5.75 Å². The Morgan fingerprint density at radius 2 is 2.15 bits per heavy atom. The summed E-state index contributed by atoms with van der Waals surface area (Å²) in [5.74, 6) is 0.372. The molecule has 0 aliphatic carbocycles. The van der Waals surface area contributed by atoms with Crippen LogP contribution in [0.3, 0.4) is 0 Å². The van der Waals surface area contributed by atoms with Gasteiger partial charge in [-0.15, -0.1) is 0 Å². The summed E-state index contributed by atoms with van der Waals surface area (Å²) >= 11 is 0. The first-order valence-corrected chi connectivity index (χ1v) is 6.48. The molecule has 5 heteroatoms. The van der Waals surface area contributed by atoms with E-state index < -0.39 is 0 Å². The van der Waals surface area contributed by atoms with Gasteiger partial charge in [-0.2, -0.15) is 0 Å². The van der Waals surface area contributed by atoms with Crippen molar-refractivity contribution in [3.05, 3.63) is 54.1 Å². The molecule has 0 radical (unpaired) electrons. The third-order valence-corrected chi connectivity index (χ3v) is 3.35. The molecule has 1 saturated heterocycles.